The van der Waals surface area contributed by atoms with E-state index in [1.807, 2.05) is 13.8 Å². The quantitative estimate of drug-likeness (QED) is 0.732. The molecule has 0 spiro atoms. The summed E-state index contributed by atoms with van der Waals surface area (Å²) in [5, 5.41) is 3.96. The first-order chi connectivity index (χ1) is 6.53. The predicted octanol–water partition coefficient (Wildman–Crippen LogP) is 1.12. The van der Waals surface area contributed by atoms with Gasteiger partial charge in [0, 0.05) is 13.2 Å². The first-order valence-corrected chi connectivity index (χ1v) is 4.86. The Morgan fingerprint density at radius 2 is 2.14 bits per heavy atom. The number of hydrogen-bond acceptors (Lipinski definition) is 3. The molecule has 4 nitrogen and oxygen atoms in total. The van der Waals surface area contributed by atoms with Gasteiger partial charge in [-0.1, -0.05) is 13.8 Å². The number of carbonyl (C=O) groups is 1. The molecular weight excluding hydrogens is 178 g/mol. The van der Waals surface area contributed by atoms with E-state index in [4.69, 9.17) is 5.73 Å². The molecule has 0 aliphatic rings. The van der Waals surface area contributed by atoms with E-state index in [9.17, 15) is 4.79 Å². The first-order valence-electron chi connectivity index (χ1n) is 4.86. The third-order valence-electron chi connectivity index (χ3n) is 2.68. The van der Waals surface area contributed by atoms with Crippen LogP contribution in [0, 0.1) is 0 Å². The van der Waals surface area contributed by atoms with Gasteiger partial charge in [0.1, 0.15) is 0 Å². The highest BCUT2D eigenvalue weighted by molar-refractivity contribution is 6.02. The molecule has 0 bridgehead atoms. The summed E-state index contributed by atoms with van der Waals surface area (Å²) in [6, 6.07) is 0. The van der Waals surface area contributed by atoms with Crippen LogP contribution in [0.15, 0.2) is 12.4 Å². The van der Waals surface area contributed by atoms with E-state index < -0.39 is 5.54 Å². The Labute approximate surface area is 84.1 Å². The van der Waals surface area contributed by atoms with Crippen LogP contribution in [0.1, 0.15) is 37.0 Å². The minimum absolute atomic E-state index is 0.0180. The van der Waals surface area contributed by atoms with Gasteiger partial charge in [-0.05, 0) is 12.8 Å². The average molecular weight is 195 g/mol. The number of nitrogens with two attached hydrogens (primary N) is 1. The van der Waals surface area contributed by atoms with Crippen molar-refractivity contribution in [1.29, 1.82) is 0 Å². The Balaban J connectivity index is 2.94. The van der Waals surface area contributed by atoms with E-state index in [0.29, 0.717) is 18.4 Å². The lowest BCUT2D eigenvalue weighted by Crippen LogP contribution is -2.46. The first kappa shape index (κ1) is 10.9. The lowest BCUT2D eigenvalue weighted by Gasteiger charge is -2.23. The van der Waals surface area contributed by atoms with E-state index in [-0.39, 0.29) is 5.78 Å². The highest BCUT2D eigenvalue weighted by atomic mass is 16.1. The molecule has 4 heteroatoms. The smallest absolute Gasteiger partial charge is 0.185 e. The molecule has 0 saturated carbocycles. The molecule has 0 aromatic carbocycles. The van der Waals surface area contributed by atoms with Crippen LogP contribution in [0.25, 0.3) is 0 Å². The molecule has 0 amide bonds. The molecule has 0 aliphatic carbocycles. The topological polar surface area (TPSA) is 60.9 Å². The van der Waals surface area contributed by atoms with Gasteiger partial charge in [0.05, 0.1) is 17.3 Å². The molecule has 1 aromatic heterocycles. The Morgan fingerprint density at radius 1 is 1.57 bits per heavy atom. The fraction of sp³-hybridized carbons (Fsp3) is 0.600. The van der Waals surface area contributed by atoms with Crippen molar-refractivity contribution < 1.29 is 4.79 Å². The summed E-state index contributed by atoms with van der Waals surface area (Å²) in [6.45, 7) is 3.86. The zero-order chi connectivity index (χ0) is 10.8. The number of hydrogen-bond donors (Lipinski definition) is 1. The molecule has 0 aliphatic heterocycles. The second-order valence-electron chi connectivity index (χ2n) is 3.60. The van der Waals surface area contributed by atoms with E-state index in [1.54, 1.807) is 24.1 Å². The maximum atomic E-state index is 12.0. The normalized spacial score (nSPS) is 11.7. The molecular formula is C10H17N3O. The van der Waals surface area contributed by atoms with Crippen molar-refractivity contribution in [2.75, 3.05) is 0 Å². The standard InChI is InChI=1S/C10H17N3O/c1-4-10(11,5-2)9(14)8-6-12-13(3)7-8/h6-7H,4-5,11H2,1-3H3. The van der Waals surface area contributed by atoms with Crippen molar-refractivity contribution in [3.05, 3.63) is 18.0 Å². The van der Waals surface area contributed by atoms with Crippen LogP contribution in [0.4, 0.5) is 0 Å². The highest BCUT2D eigenvalue weighted by Crippen LogP contribution is 2.17. The predicted molar refractivity (Wildman–Crippen MR) is 55.0 cm³/mol. The molecule has 1 aromatic rings. The number of carbonyl (C=O) groups excluding carboxylic acids is 1. The van der Waals surface area contributed by atoms with Crippen LogP contribution in [-0.2, 0) is 7.05 Å². The van der Waals surface area contributed by atoms with Gasteiger partial charge in [0.2, 0.25) is 0 Å². The molecule has 78 valence electrons. The maximum Gasteiger partial charge on any atom is 0.185 e. The van der Waals surface area contributed by atoms with Crippen LogP contribution >= 0.6 is 0 Å². The fourth-order valence-corrected chi connectivity index (χ4v) is 1.40. The third-order valence-corrected chi connectivity index (χ3v) is 2.68. The Kier molecular flexibility index (Phi) is 3.06. The van der Waals surface area contributed by atoms with Crippen LogP contribution < -0.4 is 5.73 Å². The number of ketones is 1. The van der Waals surface area contributed by atoms with Crippen LogP contribution in [-0.4, -0.2) is 21.1 Å². The van der Waals surface area contributed by atoms with Crippen molar-refractivity contribution in [2.24, 2.45) is 12.8 Å². The van der Waals surface area contributed by atoms with Crippen molar-refractivity contribution in [3.63, 3.8) is 0 Å². The van der Waals surface area contributed by atoms with Crippen molar-refractivity contribution in [1.82, 2.24) is 9.78 Å². The summed E-state index contributed by atoms with van der Waals surface area (Å²) in [7, 11) is 1.78. The molecule has 0 atom stereocenters. The summed E-state index contributed by atoms with van der Waals surface area (Å²) in [6.07, 6.45) is 4.57. The maximum absolute atomic E-state index is 12.0. The fourth-order valence-electron chi connectivity index (χ4n) is 1.40. The second kappa shape index (κ2) is 3.92. The van der Waals surface area contributed by atoms with Gasteiger partial charge in [-0.15, -0.1) is 0 Å². The van der Waals surface area contributed by atoms with Crippen LogP contribution in [0.2, 0.25) is 0 Å². The van der Waals surface area contributed by atoms with E-state index in [2.05, 4.69) is 5.10 Å². The van der Waals surface area contributed by atoms with Gasteiger partial charge in [-0.25, -0.2) is 0 Å². The Hall–Kier alpha value is -1.16. The van der Waals surface area contributed by atoms with E-state index in [0.717, 1.165) is 0 Å². The molecule has 0 saturated heterocycles. The molecule has 1 heterocycles. The van der Waals surface area contributed by atoms with Gasteiger partial charge in [-0.3, -0.25) is 9.48 Å². The van der Waals surface area contributed by atoms with Crippen LogP contribution in [0.5, 0.6) is 0 Å². The summed E-state index contributed by atoms with van der Waals surface area (Å²) in [4.78, 5) is 12.0. The molecule has 0 fully saturated rings. The van der Waals surface area contributed by atoms with Gasteiger partial charge in [0.15, 0.2) is 5.78 Å². The second-order valence-corrected chi connectivity index (χ2v) is 3.60. The monoisotopic (exact) mass is 195 g/mol. The van der Waals surface area contributed by atoms with Gasteiger partial charge in [-0.2, -0.15) is 5.10 Å². The zero-order valence-corrected chi connectivity index (χ0v) is 8.95. The van der Waals surface area contributed by atoms with Gasteiger partial charge in [0.25, 0.3) is 0 Å². The number of rotatable bonds is 4. The SMILES string of the molecule is CCC(N)(CC)C(=O)c1cnn(C)c1. The molecule has 0 unspecified atom stereocenters. The summed E-state index contributed by atoms with van der Waals surface area (Å²) in [5.41, 5.74) is 5.86. The van der Waals surface area contributed by atoms with Crippen molar-refractivity contribution in [3.8, 4) is 0 Å². The van der Waals surface area contributed by atoms with Crippen molar-refractivity contribution >= 4 is 5.78 Å². The summed E-state index contributed by atoms with van der Waals surface area (Å²) < 4.78 is 1.61. The Bertz CT molecular complexity index is 326. The summed E-state index contributed by atoms with van der Waals surface area (Å²) in [5.74, 6) is -0.0180. The summed E-state index contributed by atoms with van der Waals surface area (Å²) >= 11 is 0. The zero-order valence-electron chi connectivity index (χ0n) is 8.95. The van der Waals surface area contributed by atoms with Crippen LogP contribution in [0.3, 0.4) is 0 Å². The van der Waals surface area contributed by atoms with Gasteiger partial charge >= 0.3 is 0 Å². The van der Waals surface area contributed by atoms with Gasteiger partial charge < -0.3 is 5.73 Å². The minimum atomic E-state index is -0.733. The minimum Gasteiger partial charge on any atom is -0.319 e. The molecule has 14 heavy (non-hydrogen) atoms. The van der Waals surface area contributed by atoms with E-state index >= 15 is 0 Å². The molecule has 2 N–H and O–H groups in total. The number of aromatic nitrogens is 2. The average Bonchev–Trinajstić information content (AvgIpc) is 2.62. The number of aryl methyl sites for hydroxylation is 1. The number of Topliss-reactive ketones (excluding diaryl/α,β-unsaturated/α-hetero) is 1. The lowest BCUT2D eigenvalue weighted by molar-refractivity contribution is 0.0879. The highest BCUT2D eigenvalue weighted by Gasteiger charge is 2.31. The number of nitrogens with zero attached hydrogens (tertiary/aromatic N) is 2. The lowest BCUT2D eigenvalue weighted by atomic mass is 9.86. The molecule has 1 rings (SSSR count). The largest absolute Gasteiger partial charge is 0.319 e. The van der Waals surface area contributed by atoms with Crippen molar-refractivity contribution in [2.45, 2.75) is 32.2 Å². The molecule has 0 radical (unpaired) electrons. The Morgan fingerprint density at radius 3 is 2.50 bits per heavy atom. The van der Waals surface area contributed by atoms with E-state index in [1.165, 1.54) is 0 Å². The third kappa shape index (κ3) is 1.85.